The summed E-state index contributed by atoms with van der Waals surface area (Å²) in [5.41, 5.74) is 0.476. The second kappa shape index (κ2) is 5.22. The largest absolute Gasteiger partial charge is 0.454 e. The molecule has 2 rings (SSSR count). The standard InChI is InChI=1S/C13H7BrClNO/c14-10-5-6-11(15)13(7-10)17-12-4-2-1-3-9(12)8-16/h1-7H. The Morgan fingerprint density at radius 2 is 1.88 bits per heavy atom. The molecule has 0 radical (unpaired) electrons. The van der Waals surface area contributed by atoms with Gasteiger partial charge in [-0.2, -0.15) is 5.26 Å². The molecule has 2 nitrogen and oxygen atoms in total. The SMILES string of the molecule is N#Cc1ccccc1Oc1cc(Br)ccc1Cl. The molecule has 0 amide bonds. The van der Waals surface area contributed by atoms with Crippen LogP contribution in [0.1, 0.15) is 5.56 Å². The van der Waals surface area contributed by atoms with Crippen molar-refractivity contribution in [2.75, 3.05) is 0 Å². The minimum atomic E-state index is 0.476. The van der Waals surface area contributed by atoms with Crippen molar-refractivity contribution in [2.24, 2.45) is 0 Å². The van der Waals surface area contributed by atoms with Crippen molar-refractivity contribution < 1.29 is 4.74 Å². The Bertz CT molecular complexity index is 592. The van der Waals surface area contributed by atoms with Crippen molar-refractivity contribution in [1.29, 1.82) is 5.26 Å². The fourth-order valence-electron chi connectivity index (χ4n) is 1.32. The van der Waals surface area contributed by atoms with Crippen molar-refractivity contribution in [1.82, 2.24) is 0 Å². The van der Waals surface area contributed by atoms with Gasteiger partial charge in [-0.1, -0.05) is 39.7 Å². The molecule has 4 heteroatoms. The third-order valence-electron chi connectivity index (χ3n) is 2.12. The summed E-state index contributed by atoms with van der Waals surface area (Å²) in [5.74, 6) is 1.01. The summed E-state index contributed by atoms with van der Waals surface area (Å²) in [4.78, 5) is 0. The molecule has 0 aromatic heterocycles. The van der Waals surface area contributed by atoms with Crippen LogP contribution in [0.5, 0.6) is 11.5 Å². The lowest BCUT2D eigenvalue weighted by Crippen LogP contribution is -1.88. The lowest BCUT2D eigenvalue weighted by atomic mass is 10.2. The van der Waals surface area contributed by atoms with Crippen LogP contribution in [0.15, 0.2) is 46.9 Å². The minimum Gasteiger partial charge on any atom is -0.454 e. The number of hydrogen-bond donors (Lipinski definition) is 0. The molecule has 84 valence electrons. The predicted octanol–water partition coefficient (Wildman–Crippen LogP) is 4.77. The summed E-state index contributed by atoms with van der Waals surface area (Å²) in [6.07, 6.45) is 0. The molecule has 0 atom stereocenters. The molecular formula is C13H7BrClNO. The number of nitriles is 1. The van der Waals surface area contributed by atoms with Crippen molar-refractivity contribution in [3.8, 4) is 17.6 Å². The Morgan fingerprint density at radius 1 is 1.12 bits per heavy atom. The highest BCUT2D eigenvalue weighted by atomic mass is 79.9. The first-order chi connectivity index (χ1) is 8.20. The molecule has 0 bridgehead atoms. The van der Waals surface area contributed by atoms with Gasteiger partial charge in [-0.25, -0.2) is 0 Å². The summed E-state index contributed by atoms with van der Waals surface area (Å²) in [6.45, 7) is 0. The smallest absolute Gasteiger partial charge is 0.147 e. The number of ether oxygens (including phenoxy) is 1. The van der Waals surface area contributed by atoms with E-state index in [0.29, 0.717) is 22.1 Å². The Kier molecular flexibility index (Phi) is 3.68. The predicted molar refractivity (Wildman–Crippen MR) is 70.4 cm³/mol. The van der Waals surface area contributed by atoms with Gasteiger partial charge < -0.3 is 4.74 Å². The summed E-state index contributed by atoms with van der Waals surface area (Å²) >= 11 is 9.35. The molecular weight excluding hydrogens is 302 g/mol. The molecule has 17 heavy (non-hydrogen) atoms. The van der Waals surface area contributed by atoms with E-state index in [1.54, 1.807) is 30.3 Å². The molecule has 0 aliphatic rings. The fraction of sp³-hybridized carbons (Fsp3) is 0. The maximum absolute atomic E-state index is 8.95. The maximum atomic E-state index is 8.95. The van der Waals surface area contributed by atoms with E-state index in [-0.39, 0.29) is 0 Å². The lowest BCUT2D eigenvalue weighted by molar-refractivity contribution is 0.481. The van der Waals surface area contributed by atoms with E-state index in [9.17, 15) is 0 Å². The molecule has 2 aromatic rings. The van der Waals surface area contributed by atoms with Gasteiger partial charge in [0.1, 0.15) is 17.6 Å². The van der Waals surface area contributed by atoms with E-state index in [1.807, 2.05) is 12.1 Å². The van der Waals surface area contributed by atoms with Gasteiger partial charge in [-0.3, -0.25) is 0 Å². The van der Waals surface area contributed by atoms with Crippen LogP contribution in [-0.2, 0) is 0 Å². The molecule has 0 aliphatic heterocycles. The Morgan fingerprint density at radius 3 is 2.65 bits per heavy atom. The van der Waals surface area contributed by atoms with E-state index in [1.165, 1.54) is 0 Å². The Balaban J connectivity index is 2.38. The maximum Gasteiger partial charge on any atom is 0.147 e. The van der Waals surface area contributed by atoms with Gasteiger partial charge in [0.2, 0.25) is 0 Å². The number of benzene rings is 2. The number of hydrogen-bond acceptors (Lipinski definition) is 2. The summed E-state index contributed by atoms with van der Waals surface area (Å²) in [5, 5.41) is 9.45. The summed E-state index contributed by atoms with van der Waals surface area (Å²) < 4.78 is 6.49. The zero-order valence-corrected chi connectivity index (χ0v) is 11.0. The Hall–Kier alpha value is -1.50. The molecule has 0 fully saturated rings. The van der Waals surface area contributed by atoms with Gasteiger partial charge in [0, 0.05) is 4.47 Å². The van der Waals surface area contributed by atoms with Crippen LogP contribution >= 0.6 is 27.5 Å². The zero-order chi connectivity index (χ0) is 12.3. The van der Waals surface area contributed by atoms with Crippen molar-refractivity contribution in [3.05, 3.63) is 57.5 Å². The molecule has 0 saturated carbocycles. The van der Waals surface area contributed by atoms with Gasteiger partial charge in [-0.15, -0.1) is 0 Å². The average Bonchev–Trinajstić information content (AvgIpc) is 2.34. The van der Waals surface area contributed by atoms with Crippen LogP contribution in [-0.4, -0.2) is 0 Å². The second-order valence-corrected chi connectivity index (χ2v) is 4.61. The molecule has 0 heterocycles. The number of halogens is 2. The molecule has 0 spiro atoms. The molecule has 2 aromatic carbocycles. The molecule has 0 saturated heterocycles. The van der Waals surface area contributed by atoms with Gasteiger partial charge >= 0.3 is 0 Å². The topological polar surface area (TPSA) is 33.0 Å². The van der Waals surface area contributed by atoms with Gasteiger partial charge in [-0.05, 0) is 30.3 Å². The van der Waals surface area contributed by atoms with Gasteiger partial charge in [0.25, 0.3) is 0 Å². The normalized spacial score (nSPS) is 9.71. The first-order valence-corrected chi connectivity index (χ1v) is 6.00. The number of nitrogens with zero attached hydrogens (tertiary/aromatic N) is 1. The van der Waals surface area contributed by atoms with E-state index in [2.05, 4.69) is 22.0 Å². The zero-order valence-electron chi connectivity index (χ0n) is 8.65. The van der Waals surface area contributed by atoms with Crippen molar-refractivity contribution in [2.45, 2.75) is 0 Å². The quantitative estimate of drug-likeness (QED) is 0.801. The highest BCUT2D eigenvalue weighted by Gasteiger charge is 2.07. The number of rotatable bonds is 2. The lowest BCUT2D eigenvalue weighted by Gasteiger charge is -2.08. The Labute approximate surface area is 113 Å². The molecule has 0 aliphatic carbocycles. The number of para-hydroxylation sites is 1. The van der Waals surface area contributed by atoms with Crippen LogP contribution in [0.4, 0.5) is 0 Å². The summed E-state index contributed by atoms with van der Waals surface area (Å²) in [6, 6.07) is 14.4. The van der Waals surface area contributed by atoms with Crippen molar-refractivity contribution in [3.63, 3.8) is 0 Å². The minimum absolute atomic E-state index is 0.476. The van der Waals surface area contributed by atoms with Gasteiger partial charge in [0.05, 0.1) is 10.6 Å². The highest BCUT2D eigenvalue weighted by molar-refractivity contribution is 9.10. The molecule has 0 N–H and O–H groups in total. The highest BCUT2D eigenvalue weighted by Crippen LogP contribution is 2.33. The monoisotopic (exact) mass is 307 g/mol. The first-order valence-electron chi connectivity index (χ1n) is 4.83. The first kappa shape index (κ1) is 12.0. The average molecular weight is 309 g/mol. The van der Waals surface area contributed by atoms with E-state index in [4.69, 9.17) is 21.6 Å². The van der Waals surface area contributed by atoms with Gasteiger partial charge in [0.15, 0.2) is 0 Å². The van der Waals surface area contributed by atoms with E-state index in [0.717, 1.165) is 4.47 Å². The fourth-order valence-corrected chi connectivity index (χ4v) is 1.82. The van der Waals surface area contributed by atoms with Crippen LogP contribution in [0, 0.1) is 11.3 Å². The van der Waals surface area contributed by atoms with E-state index >= 15 is 0 Å². The molecule has 0 unspecified atom stereocenters. The van der Waals surface area contributed by atoms with Crippen LogP contribution < -0.4 is 4.74 Å². The second-order valence-electron chi connectivity index (χ2n) is 3.28. The third-order valence-corrected chi connectivity index (χ3v) is 2.93. The van der Waals surface area contributed by atoms with Crippen LogP contribution in [0.25, 0.3) is 0 Å². The summed E-state index contributed by atoms with van der Waals surface area (Å²) in [7, 11) is 0. The van der Waals surface area contributed by atoms with Crippen molar-refractivity contribution >= 4 is 27.5 Å². The van der Waals surface area contributed by atoms with Crippen LogP contribution in [0.2, 0.25) is 5.02 Å². The van der Waals surface area contributed by atoms with Crippen LogP contribution in [0.3, 0.4) is 0 Å². The third kappa shape index (κ3) is 2.79. The van der Waals surface area contributed by atoms with E-state index < -0.39 is 0 Å².